The summed E-state index contributed by atoms with van der Waals surface area (Å²) in [4.78, 5) is 16.8. The lowest BCUT2D eigenvalue weighted by molar-refractivity contribution is 0.170. The number of fused-ring (bicyclic) bond motifs is 1. The van der Waals surface area contributed by atoms with Gasteiger partial charge in [-0.05, 0) is 37.1 Å². The van der Waals surface area contributed by atoms with Crippen molar-refractivity contribution in [3.63, 3.8) is 0 Å². The summed E-state index contributed by atoms with van der Waals surface area (Å²) in [6.07, 6.45) is -0.548. The van der Waals surface area contributed by atoms with Crippen LogP contribution in [0.25, 0.3) is 11.0 Å². The van der Waals surface area contributed by atoms with Crippen LogP contribution in [0.1, 0.15) is 35.8 Å². The molecular formula is C18H21N3O2. The molecule has 0 saturated heterocycles. The van der Waals surface area contributed by atoms with Gasteiger partial charge in [0, 0.05) is 12.6 Å². The fourth-order valence-corrected chi connectivity index (χ4v) is 2.72. The molecule has 0 fully saturated rings. The Balaban J connectivity index is 1.68. The fourth-order valence-electron chi connectivity index (χ4n) is 2.72. The topological polar surface area (TPSA) is 80.9 Å². The van der Waals surface area contributed by atoms with E-state index in [1.807, 2.05) is 56.3 Å². The number of benzene rings is 2. The second-order valence-electron chi connectivity index (χ2n) is 5.94. The van der Waals surface area contributed by atoms with Gasteiger partial charge in [-0.2, -0.15) is 0 Å². The summed E-state index contributed by atoms with van der Waals surface area (Å²) in [5.41, 5.74) is 4.49. The molecule has 23 heavy (non-hydrogen) atoms. The lowest BCUT2D eigenvalue weighted by atomic mass is 10.0. The number of aryl methyl sites for hydroxylation is 1. The minimum absolute atomic E-state index is 0.0669. The number of aliphatic hydroxyl groups excluding tert-OH is 1. The number of hydrogen-bond acceptors (Lipinski definition) is 3. The molecule has 1 heterocycles. The molecule has 5 heteroatoms. The normalized spacial score (nSPS) is 14.0. The van der Waals surface area contributed by atoms with Crippen molar-refractivity contribution in [2.75, 3.05) is 6.54 Å². The molecule has 2 aromatic carbocycles. The molecule has 1 aromatic heterocycles. The molecule has 2 unspecified atom stereocenters. The van der Waals surface area contributed by atoms with Crippen molar-refractivity contribution in [2.45, 2.75) is 26.0 Å². The third kappa shape index (κ3) is 3.52. The minimum Gasteiger partial charge on any atom is -0.387 e. The van der Waals surface area contributed by atoms with Gasteiger partial charge < -0.3 is 20.4 Å². The van der Waals surface area contributed by atoms with Crippen molar-refractivity contribution in [3.05, 3.63) is 69.6 Å². The van der Waals surface area contributed by atoms with Crippen LogP contribution in [0.2, 0.25) is 0 Å². The number of imidazole rings is 1. The summed E-state index contributed by atoms with van der Waals surface area (Å²) in [5, 5.41) is 13.6. The van der Waals surface area contributed by atoms with Crippen LogP contribution in [0.15, 0.2) is 47.3 Å². The highest BCUT2D eigenvalue weighted by Gasteiger charge is 2.11. The van der Waals surface area contributed by atoms with Gasteiger partial charge >= 0.3 is 5.69 Å². The molecule has 0 saturated carbocycles. The second kappa shape index (κ2) is 6.40. The average Bonchev–Trinajstić information content (AvgIpc) is 2.91. The zero-order valence-corrected chi connectivity index (χ0v) is 13.3. The maximum atomic E-state index is 11.3. The van der Waals surface area contributed by atoms with Gasteiger partial charge in [0.05, 0.1) is 17.1 Å². The largest absolute Gasteiger partial charge is 0.387 e. The summed E-state index contributed by atoms with van der Waals surface area (Å²) >= 11 is 0. The van der Waals surface area contributed by atoms with Crippen LogP contribution in [0, 0.1) is 6.92 Å². The quantitative estimate of drug-likeness (QED) is 0.584. The van der Waals surface area contributed by atoms with Gasteiger partial charge in [-0.15, -0.1) is 0 Å². The number of rotatable bonds is 5. The summed E-state index contributed by atoms with van der Waals surface area (Å²) in [7, 11) is 0. The van der Waals surface area contributed by atoms with Gasteiger partial charge in [-0.25, -0.2) is 4.79 Å². The first kappa shape index (κ1) is 15.5. The average molecular weight is 311 g/mol. The van der Waals surface area contributed by atoms with E-state index in [1.165, 1.54) is 0 Å². The van der Waals surface area contributed by atoms with Crippen LogP contribution >= 0.6 is 0 Å². The molecule has 4 N–H and O–H groups in total. The summed E-state index contributed by atoms with van der Waals surface area (Å²) in [5.74, 6) is 0. The lowest BCUT2D eigenvalue weighted by Gasteiger charge is -2.18. The Labute approximate surface area is 134 Å². The Morgan fingerprint density at radius 2 is 1.87 bits per heavy atom. The van der Waals surface area contributed by atoms with E-state index in [1.54, 1.807) is 0 Å². The van der Waals surface area contributed by atoms with E-state index in [0.29, 0.717) is 6.54 Å². The number of aliphatic hydroxyl groups is 1. The summed E-state index contributed by atoms with van der Waals surface area (Å²) in [6.45, 7) is 4.51. The zero-order chi connectivity index (χ0) is 16.4. The Kier molecular flexibility index (Phi) is 4.32. The number of nitrogens with one attached hydrogen (secondary N) is 3. The highest BCUT2D eigenvalue weighted by molar-refractivity contribution is 5.75. The van der Waals surface area contributed by atoms with E-state index in [2.05, 4.69) is 15.3 Å². The monoisotopic (exact) mass is 311 g/mol. The first-order valence-corrected chi connectivity index (χ1v) is 7.73. The van der Waals surface area contributed by atoms with Gasteiger partial charge in [0.1, 0.15) is 0 Å². The summed E-state index contributed by atoms with van der Waals surface area (Å²) < 4.78 is 0. The lowest BCUT2D eigenvalue weighted by Crippen LogP contribution is -2.24. The maximum absolute atomic E-state index is 11.3. The molecule has 120 valence electrons. The van der Waals surface area contributed by atoms with Crippen LogP contribution in [0.5, 0.6) is 0 Å². The van der Waals surface area contributed by atoms with Crippen LogP contribution in [-0.4, -0.2) is 21.6 Å². The number of aromatic nitrogens is 2. The smallest absolute Gasteiger partial charge is 0.323 e. The van der Waals surface area contributed by atoms with Crippen molar-refractivity contribution in [1.29, 1.82) is 0 Å². The third-order valence-corrected chi connectivity index (χ3v) is 4.08. The Morgan fingerprint density at radius 3 is 2.65 bits per heavy atom. The van der Waals surface area contributed by atoms with E-state index in [-0.39, 0.29) is 11.7 Å². The first-order chi connectivity index (χ1) is 11.0. The van der Waals surface area contributed by atoms with Crippen LogP contribution in [-0.2, 0) is 0 Å². The molecule has 0 spiro atoms. The van der Waals surface area contributed by atoms with Crippen molar-refractivity contribution >= 4 is 11.0 Å². The molecule has 2 atom stereocenters. The molecule has 3 aromatic rings. The Bertz CT molecular complexity index is 866. The molecule has 5 nitrogen and oxygen atoms in total. The minimum atomic E-state index is -0.548. The van der Waals surface area contributed by atoms with Crippen LogP contribution in [0.4, 0.5) is 0 Å². The van der Waals surface area contributed by atoms with Crippen molar-refractivity contribution < 1.29 is 5.11 Å². The predicted molar refractivity (Wildman–Crippen MR) is 91.5 cm³/mol. The van der Waals surface area contributed by atoms with Crippen molar-refractivity contribution in [3.8, 4) is 0 Å². The van der Waals surface area contributed by atoms with Gasteiger partial charge in [-0.1, -0.05) is 35.9 Å². The van der Waals surface area contributed by atoms with Gasteiger partial charge in [0.15, 0.2) is 0 Å². The molecule has 0 aliphatic rings. The SMILES string of the molecule is Cc1cccc(C(O)CNC(C)c2ccc3[nH]c(=O)[nH]c3c2)c1. The molecule has 3 rings (SSSR count). The molecule has 0 aliphatic carbocycles. The Morgan fingerprint density at radius 1 is 1.09 bits per heavy atom. The highest BCUT2D eigenvalue weighted by Crippen LogP contribution is 2.19. The molecule has 0 radical (unpaired) electrons. The molecule has 0 aliphatic heterocycles. The fraction of sp³-hybridized carbons (Fsp3) is 0.278. The van der Waals surface area contributed by atoms with E-state index in [9.17, 15) is 9.90 Å². The van der Waals surface area contributed by atoms with Crippen LogP contribution < -0.4 is 11.0 Å². The highest BCUT2D eigenvalue weighted by atomic mass is 16.3. The number of hydrogen-bond donors (Lipinski definition) is 4. The molecule has 0 amide bonds. The molecular weight excluding hydrogens is 290 g/mol. The van der Waals surface area contributed by atoms with E-state index >= 15 is 0 Å². The number of H-pyrrole nitrogens is 2. The van der Waals surface area contributed by atoms with Crippen molar-refractivity contribution in [1.82, 2.24) is 15.3 Å². The van der Waals surface area contributed by atoms with Gasteiger partial charge in [0.25, 0.3) is 0 Å². The predicted octanol–water partition coefficient (Wildman–Crippen LogP) is 2.55. The van der Waals surface area contributed by atoms with Gasteiger partial charge in [0.2, 0.25) is 0 Å². The van der Waals surface area contributed by atoms with Crippen molar-refractivity contribution in [2.24, 2.45) is 0 Å². The van der Waals surface area contributed by atoms with Gasteiger partial charge in [-0.3, -0.25) is 0 Å². The standard InChI is InChI=1S/C18H21N3O2/c1-11-4-3-5-14(8-11)17(22)10-19-12(2)13-6-7-15-16(9-13)21-18(23)20-15/h3-9,12,17,19,22H,10H2,1-2H3,(H2,20,21,23). The number of aromatic amines is 2. The zero-order valence-electron chi connectivity index (χ0n) is 13.3. The third-order valence-electron chi connectivity index (χ3n) is 4.08. The van der Waals surface area contributed by atoms with E-state index in [4.69, 9.17) is 0 Å². The van der Waals surface area contributed by atoms with E-state index < -0.39 is 6.10 Å². The Hall–Kier alpha value is -2.37. The van der Waals surface area contributed by atoms with E-state index in [0.717, 1.165) is 27.7 Å². The maximum Gasteiger partial charge on any atom is 0.323 e. The summed E-state index contributed by atoms with van der Waals surface area (Å²) in [6, 6.07) is 13.8. The van der Waals surface area contributed by atoms with Crippen LogP contribution in [0.3, 0.4) is 0 Å². The first-order valence-electron chi connectivity index (χ1n) is 7.73. The second-order valence-corrected chi connectivity index (χ2v) is 5.94. The molecule has 0 bridgehead atoms.